The van der Waals surface area contributed by atoms with E-state index >= 15 is 0 Å². The maximum atomic E-state index is 12.4. The van der Waals surface area contributed by atoms with Crippen LogP contribution in [0.25, 0.3) is 0 Å². The second-order valence-corrected chi connectivity index (χ2v) is 7.95. The van der Waals surface area contributed by atoms with Gasteiger partial charge in [0.05, 0.1) is 4.90 Å². The van der Waals surface area contributed by atoms with E-state index in [0.29, 0.717) is 11.4 Å². The fourth-order valence-corrected chi connectivity index (χ4v) is 3.65. The first kappa shape index (κ1) is 15.5. The summed E-state index contributed by atoms with van der Waals surface area (Å²) in [5.41, 5.74) is 2.23. The lowest BCUT2D eigenvalue weighted by atomic mass is 10.1. The zero-order valence-electron chi connectivity index (χ0n) is 12.7. The summed E-state index contributed by atoms with van der Waals surface area (Å²) in [6.45, 7) is 9.75. The summed E-state index contributed by atoms with van der Waals surface area (Å²) >= 11 is 0. The van der Waals surface area contributed by atoms with Crippen LogP contribution in [0.5, 0.6) is 0 Å². The van der Waals surface area contributed by atoms with Gasteiger partial charge in [-0.1, -0.05) is 26.8 Å². The number of sulfonamides is 1. The molecule has 1 saturated carbocycles. The molecular weight excluding hydrogens is 272 g/mol. The van der Waals surface area contributed by atoms with Crippen LogP contribution in [-0.2, 0) is 16.6 Å². The molecule has 0 aliphatic heterocycles. The predicted octanol–water partition coefficient (Wildman–Crippen LogP) is 2.18. The van der Waals surface area contributed by atoms with Crippen molar-refractivity contribution in [2.45, 2.75) is 51.6 Å². The van der Waals surface area contributed by atoms with Crippen LogP contribution in [0.2, 0.25) is 0 Å². The quantitative estimate of drug-likeness (QED) is 0.846. The topological polar surface area (TPSA) is 58.2 Å². The average molecular weight is 296 g/mol. The molecule has 0 spiro atoms. The SMILES string of the molecule is CCNCc1cc(S(=O)(=O)NC2CC2(C)C)ccc1C. The van der Waals surface area contributed by atoms with E-state index in [0.717, 1.165) is 24.1 Å². The molecule has 2 rings (SSSR count). The molecule has 1 atom stereocenters. The van der Waals surface area contributed by atoms with Gasteiger partial charge in [0.2, 0.25) is 10.0 Å². The van der Waals surface area contributed by atoms with Gasteiger partial charge in [-0.25, -0.2) is 13.1 Å². The average Bonchev–Trinajstić information content (AvgIpc) is 2.94. The molecule has 1 aromatic carbocycles. The van der Waals surface area contributed by atoms with Gasteiger partial charge in [0.15, 0.2) is 0 Å². The van der Waals surface area contributed by atoms with Gasteiger partial charge >= 0.3 is 0 Å². The van der Waals surface area contributed by atoms with Crippen LogP contribution in [0.15, 0.2) is 23.1 Å². The summed E-state index contributed by atoms with van der Waals surface area (Å²) < 4.78 is 27.5. The second-order valence-electron chi connectivity index (χ2n) is 6.24. The first-order valence-electron chi connectivity index (χ1n) is 7.09. The monoisotopic (exact) mass is 296 g/mol. The maximum Gasteiger partial charge on any atom is 0.240 e. The molecule has 0 aromatic heterocycles. The first-order chi connectivity index (χ1) is 9.26. The van der Waals surface area contributed by atoms with E-state index in [4.69, 9.17) is 0 Å². The summed E-state index contributed by atoms with van der Waals surface area (Å²) in [6.07, 6.45) is 0.905. The molecule has 1 aromatic rings. The third-order valence-corrected chi connectivity index (χ3v) is 5.48. The van der Waals surface area contributed by atoms with Crippen LogP contribution in [-0.4, -0.2) is 21.0 Å². The van der Waals surface area contributed by atoms with Crippen LogP contribution in [0.3, 0.4) is 0 Å². The van der Waals surface area contributed by atoms with E-state index in [1.807, 2.05) is 19.9 Å². The van der Waals surface area contributed by atoms with E-state index in [2.05, 4.69) is 23.9 Å². The van der Waals surface area contributed by atoms with Gasteiger partial charge in [0.1, 0.15) is 0 Å². The lowest BCUT2D eigenvalue weighted by Gasteiger charge is -2.12. The normalized spacial score (nSPS) is 20.9. The summed E-state index contributed by atoms with van der Waals surface area (Å²) in [5.74, 6) is 0. The van der Waals surface area contributed by atoms with Crippen molar-refractivity contribution >= 4 is 10.0 Å². The second kappa shape index (κ2) is 5.47. The fraction of sp³-hybridized carbons (Fsp3) is 0.600. The Kier molecular flexibility index (Phi) is 4.23. The van der Waals surface area contributed by atoms with Gasteiger partial charge in [-0.2, -0.15) is 0 Å². The molecule has 1 aliphatic carbocycles. The van der Waals surface area contributed by atoms with Crippen molar-refractivity contribution in [3.63, 3.8) is 0 Å². The summed E-state index contributed by atoms with van der Waals surface area (Å²) in [6, 6.07) is 5.39. The maximum absolute atomic E-state index is 12.4. The molecule has 0 saturated heterocycles. The molecule has 4 nitrogen and oxygen atoms in total. The number of benzene rings is 1. The Balaban J connectivity index is 2.19. The number of hydrogen-bond acceptors (Lipinski definition) is 3. The molecule has 0 bridgehead atoms. The highest BCUT2D eigenvalue weighted by Crippen LogP contribution is 2.45. The Bertz CT molecular complexity index is 594. The Morgan fingerprint density at radius 3 is 2.55 bits per heavy atom. The highest BCUT2D eigenvalue weighted by Gasteiger charge is 2.47. The van der Waals surface area contributed by atoms with Crippen LogP contribution < -0.4 is 10.0 Å². The van der Waals surface area contributed by atoms with Crippen molar-refractivity contribution in [3.8, 4) is 0 Å². The van der Waals surface area contributed by atoms with Crippen LogP contribution in [0, 0.1) is 12.3 Å². The molecule has 112 valence electrons. The molecule has 1 unspecified atom stereocenters. The molecule has 0 radical (unpaired) electrons. The Hall–Kier alpha value is -0.910. The minimum absolute atomic E-state index is 0.0611. The lowest BCUT2D eigenvalue weighted by Crippen LogP contribution is -2.28. The van der Waals surface area contributed by atoms with E-state index in [1.165, 1.54) is 0 Å². The van der Waals surface area contributed by atoms with Crippen molar-refractivity contribution in [2.24, 2.45) is 5.41 Å². The van der Waals surface area contributed by atoms with Crippen LogP contribution >= 0.6 is 0 Å². The van der Waals surface area contributed by atoms with Gasteiger partial charge in [0, 0.05) is 12.6 Å². The Morgan fingerprint density at radius 2 is 2.00 bits per heavy atom. The predicted molar refractivity (Wildman–Crippen MR) is 81.1 cm³/mol. The number of hydrogen-bond donors (Lipinski definition) is 2. The molecule has 0 heterocycles. The Morgan fingerprint density at radius 1 is 1.35 bits per heavy atom. The minimum Gasteiger partial charge on any atom is -0.313 e. The van der Waals surface area contributed by atoms with E-state index < -0.39 is 10.0 Å². The smallest absolute Gasteiger partial charge is 0.240 e. The van der Waals surface area contributed by atoms with Gasteiger partial charge in [0.25, 0.3) is 0 Å². The molecule has 1 aliphatic rings. The third kappa shape index (κ3) is 3.40. The molecule has 5 heteroatoms. The zero-order chi connectivity index (χ0) is 15.0. The Labute approximate surface area is 122 Å². The van der Waals surface area contributed by atoms with E-state index in [9.17, 15) is 8.42 Å². The standard InChI is InChI=1S/C15H24N2O2S/c1-5-16-10-12-8-13(7-6-11(12)2)20(18,19)17-14-9-15(14,3)4/h6-8,14,16-17H,5,9-10H2,1-4H3. The third-order valence-electron chi connectivity index (χ3n) is 4.01. The van der Waals surface area contributed by atoms with E-state index in [-0.39, 0.29) is 11.5 Å². The number of aryl methyl sites for hydroxylation is 1. The highest BCUT2D eigenvalue weighted by molar-refractivity contribution is 7.89. The minimum atomic E-state index is -3.41. The highest BCUT2D eigenvalue weighted by atomic mass is 32.2. The van der Waals surface area contributed by atoms with Crippen molar-refractivity contribution in [1.82, 2.24) is 10.0 Å². The molecular formula is C15H24N2O2S. The fourth-order valence-electron chi connectivity index (χ4n) is 2.19. The van der Waals surface area contributed by atoms with Crippen molar-refractivity contribution in [3.05, 3.63) is 29.3 Å². The summed E-state index contributed by atoms with van der Waals surface area (Å²) in [5, 5.41) is 3.24. The van der Waals surface area contributed by atoms with Crippen molar-refractivity contribution in [1.29, 1.82) is 0 Å². The van der Waals surface area contributed by atoms with Gasteiger partial charge in [-0.15, -0.1) is 0 Å². The number of rotatable bonds is 6. The molecule has 2 N–H and O–H groups in total. The molecule has 0 amide bonds. The number of nitrogens with one attached hydrogen (secondary N) is 2. The van der Waals surface area contributed by atoms with Gasteiger partial charge in [-0.3, -0.25) is 0 Å². The first-order valence-corrected chi connectivity index (χ1v) is 8.57. The zero-order valence-corrected chi connectivity index (χ0v) is 13.5. The van der Waals surface area contributed by atoms with E-state index in [1.54, 1.807) is 12.1 Å². The largest absolute Gasteiger partial charge is 0.313 e. The van der Waals surface area contributed by atoms with Gasteiger partial charge < -0.3 is 5.32 Å². The van der Waals surface area contributed by atoms with Crippen LogP contribution in [0.1, 0.15) is 38.3 Å². The summed E-state index contributed by atoms with van der Waals surface area (Å²) in [4.78, 5) is 0.360. The van der Waals surface area contributed by atoms with Crippen LogP contribution in [0.4, 0.5) is 0 Å². The lowest BCUT2D eigenvalue weighted by molar-refractivity contribution is 0.555. The molecule has 1 fully saturated rings. The van der Waals surface area contributed by atoms with Crippen molar-refractivity contribution in [2.75, 3.05) is 6.54 Å². The van der Waals surface area contributed by atoms with Crippen molar-refractivity contribution < 1.29 is 8.42 Å². The van der Waals surface area contributed by atoms with Gasteiger partial charge in [-0.05, 0) is 48.6 Å². The molecule has 20 heavy (non-hydrogen) atoms. The summed E-state index contributed by atoms with van der Waals surface area (Å²) in [7, 11) is -3.41.